The minimum absolute atomic E-state index is 0.248. The molecule has 13 heavy (non-hydrogen) atoms. The molecule has 0 aliphatic carbocycles. The lowest BCUT2D eigenvalue weighted by Crippen LogP contribution is -2.27. The van der Waals surface area contributed by atoms with Crippen molar-refractivity contribution in [1.29, 1.82) is 0 Å². The summed E-state index contributed by atoms with van der Waals surface area (Å²) in [5.74, 6) is 0.699. The van der Waals surface area contributed by atoms with Crippen molar-refractivity contribution in [3.63, 3.8) is 0 Å². The maximum absolute atomic E-state index is 5.62. The largest absolute Gasteiger partial charge is 0.301 e. The van der Waals surface area contributed by atoms with Gasteiger partial charge in [0, 0.05) is 13.1 Å². The van der Waals surface area contributed by atoms with Crippen molar-refractivity contribution in [2.24, 2.45) is 5.92 Å². The summed E-state index contributed by atoms with van der Waals surface area (Å²) >= 11 is 5.62. The molecule has 0 amide bonds. The molecule has 2 saturated heterocycles. The third-order valence-electron chi connectivity index (χ3n) is 3.00. The van der Waals surface area contributed by atoms with Crippen molar-refractivity contribution < 1.29 is 0 Å². The van der Waals surface area contributed by atoms with E-state index in [0.29, 0.717) is 12.0 Å². The van der Waals surface area contributed by atoms with Crippen molar-refractivity contribution in [1.82, 2.24) is 25.1 Å². The molecule has 6 heteroatoms. The summed E-state index contributed by atoms with van der Waals surface area (Å²) in [4.78, 5) is 4.11. The lowest BCUT2D eigenvalue weighted by Gasteiger charge is -2.20. The lowest BCUT2D eigenvalue weighted by atomic mass is 10.0. The van der Waals surface area contributed by atoms with E-state index in [1.807, 2.05) is 0 Å². The Hall–Kier alpha value is -0.680. The highest BCUT2D eigenvalue weighted by Gasteiger charge is 2.40. The van der Waals surface area contributed by atoms with Gasteiger partial charge in [-0.15, -0.1) is 5.10 Å². The first-order chi connectivity index (χ1) is 6.33. The van der Waals surface area contributed by atoms with Gasteiger partial charge in [-0.25, -0.2) is 0 Å². The zero-order chi connectivity index (χ0) is 8.84. The van der Waals surface area contributed by atoms with Crippen LogP contribution in [0.25, 0.3) is 0 Å². The quantitative estimate of drug-likeness (QED) is 0.649. The van der Waals surface area contributed by atoms with Crippen molar-refractivity contribution in [3.05, 3.63) is 5.28 Å². The van der Waals surface area contributed by atoms with Gasteiger partial charge >= 0.3 is 0 Å². The average molecular weight is 200 g/mol. The Morgan fingerprint density at radius 3 is 2.85 bits per heavy atom. The molecule has 1 aromatic heterocycles. The van der Waals surface area contributed by atoms with Crippen LogP contribution in [0.4, 0.5) is 0 Å². The summed E-state index contributed by atoms with van der Waals surface area (Å²) in [5.41, 5.74) is 0. The zero-order valence-electron chi connectivity index (χ0n) is 7.10. The van der Waals surface area contributed by atoms with Gasteiger partial charge in [0.25, 0.3) is 5.28 Å². The molecule has 0 saturated carbocycles. The fraction of sp³-hybridized carbons (Fsp3) is 0.857. The average Bonchev–Trinajstić information content (AvgIpc) is 2.77. The second-order valence-electron chi connectivity index (χ2n) is 3.75. The summed E-state index contributed by atoms with van der Waals surface area (Å²) in [5, 5.41) is 11.9. The maximum Gasteiger partial charge on any atom is 0.264 e. The number of aromatic nitrogens is 4. The third-order valence-corrected chi connectivity index (χ3v) is 3.15. The van der Waals surface area contributed by atoms with Crippen LogP contribution >= 0.6 is 11.6 Å². The van der Waals surface area contributed by atoms with Crippen LogP contribution in [0.3, 0.4) is 0 Å². The van der Waals surface area contributed by atoms with Gasteiger partial charge in [-0.2, -0.15) is 4.80 Å². The third kappa shape index (κ3) is 1.14. The van der Waals surface area contributed by atoms with Gasteiger partial charge in [0.2, 0.25) is 0 Å². The first kappa shape index (κ1) is 7.70. The van der Waals surface area contributed by atoms with E-state index in [2.05, 4.69) is 20.3 Å². The van der Waals surface area contributed by atoms with Crippen molar-refractivity contribution in [3.8, 4) is 0 Å². The molecule has 70 valence electrons. The Bertz CT molecular complexity index is 324. The molecule has 2 fully saturated rings. The highest BCUT2D eigenvalue weighted by molar-refractivity contribution is 6.28. The van der Waals surface area contributed by atoms with Crippen LogP contribution in [0.2, 0.25) is 5.28 Å². The first-order valence-electron chi connectivity index (χ1n) is 4.50. The Morgan fingerprint density at radius 2 is 2.31 bits per heavy atom. The molecule has 3 atom stereocenters. The van der Waals surface area contributed by atoms with Crippen LogP contribution in [0.1, 0.15) is 12.5 Å². The monoisotopic (exact) mass is 199 g/mol. The number of rotatable bonds is 1. The molecule has 2 aliphatic heterocycles. The molecule has 0 spiro atoms. The Morgan fingerprint density at radius 1 is 1.38 bits per heavy atom. The predicted octanol–water partition coefficient (Wildman–Crippen LogP) is 0.203. The van der Waals surface area contributed by atoms with Crippen molar-refractivity contribution in [2.45, 2.75) is 12.5 Å². The number of nitrogens with zero attached hydrogens (tertiary/aromatic N) is 5. The summed E-state index contributed by atoms with van der Waals surface area (Å²) in [7, 11) is 0. The standard InChI is InChI=1S/C7H10ClN5/c8-7-9-11-13(10-7)6-4-12-2-1-5(6)3-12/h5-6H,1-4H2. The molecule has 2 bridgehead atoms. The maximum atomic E-state index is 5.62. The molecule has 3 unspecified atom stereocenters. The van der Waals surface area contributed by atoms with E-state index < -0.39 is 0 Å². The first-order valence-corrected chi connectivity index (χ1v) is 4.88. The molecular weight excluding hydrogens is 190 g/mol. The highest BCUT2D eigenvalue weighted by Crippen LogP contribution is 2.35. The van der Waals surface area contributed by atoms with Gasteiger partial charge in [0.15, 0.2) is 0 Å². The molecular formula is C7H10ClN5. The van der Waals surface area contributed by atoms with Gasteiger partial charge in [-0.05, 0) is 35.7 Å². The van der Waals surface area contributed by atoms with Crippen LogP contribution < -0.4 is 0 Å². The highest BCUT2D eigenvalue weighted by atomic mass is 35.5. The fourth-order valence-corrected chi connectivity index (χ4v) is 2.48. The molecule has 2 aliphatic rings. The van der Waals surface area contributed by atoms with Crippen molar-refractivity contribution >= 4 is 11.6 Å². The number of hydrogen-bond donors (Lipinski definition) is 0. The van der Waals surface area contributed by atoms with Gasteiger partial charge in [0.05, 0.1) is 6.04 Å². The molecule has 1 aromatic rings. The molecule has 0 radical (unpaired) electrons. The Labute approximate surface area is 80.7 Å². The van der Waals surface area contributed by atoms with Gasteiger partial charge in [-0.1, -0.05) is 5.10 Å². The zero-order valence-corrected chi connectivity index (χ0v) is 7.85. The van der Waals surface area contributed by atoms with E-state index >= 15 is 0 Å². The smallest absolute Gasteiger partial charge is 0.264 e. The van der Waals surface area contributed by atoms with Gasteiger partial charge in [-0.3, -0.25) is 0 Å². The summed E-state index contributed by atoms with van der Waals surface area (Å²) in [6.45, 7) is 3.46. The molecule has 0 N–H and O–H groups in total. The summed E-state index contributed by atoms with van der Waals surface area (Å²) in [6, 6.07) is 0.397. The van der Waals surface area contributed by atoms with E-state index in [9.17, 15) is 0 Å². The predicted molar refractivity (Wildman–Crippen MR) is 46.4 cm³/mol. The van der Waals surface area contributed by atoms with Crippen LogP contribution in [-0.4, -0.2) is 44.7 Å². The molecule has 0 aromatic carbocycles. The van der Waals surface area contributed by atoms with Crippen LogP contribution in [0.15, 0.2) is 0 Å². The number of fused-ring (bicyclic) bond motifs is 2. The van der Waals surface area contributed by atoms with E-state index in [4.69, 9.17) is 11.6 Å². The second kappa shape index (κ2) is 2.65. The Kier molecular flexibility index (Phi) is 1.57. The van der Waals surface area contributed by atoms with Crippen LogP contribution in [0, 0.1) is 5.92 Å². The van der Waals surface area contributed by atoms with E-state index in [0.717, 1.165) is 6.54 Å². The number of piperidine rings is 1. The van der Waals surface area contributed by atoms with E-state index in [1.165, 1.54) is 19.5 Å². The lowest BCUT2D eigenvalue weighted by molar-refractivity contribution is 0.263. The number of halogens is 1. The molecule has 3 heterocycles. The van der Waals surface area contributed by atoms with Crippen LogP contribution in [-0.2, 0) is 0 Å². The topological polar surface area (TPSA) is 46.8 Å². The van der Waals surface area contributed by atoms with Crippen molar-refractivity contribution in [2.75, 3.05) is 19.6 Å². The number of tetrazole rings is 1. The molecule has 3 rings (SSSR count). The van der Waals surface area contributed by atoms with Crippen LogP contribution in [0.5, 0.6) is 0 Å². The van der Waals surface area contributed by atoms with Gasteiger partial charge in [0.1, 0.15) is 0 Å². The Balaban J connectivity index is 1.87. The van der Waals surface area contributed by atoms with E-state index in [1.54, 1.807) is 4.80 Å². The number of hydrogen-bond acceptors (Lipinski definition) is 4. The minimum atomic E-state index is 0.248. The van der Waals surface area contributed by atoms with Gasteiger partial charge < -0.3 is 4.90 Å². The SMILES string of the molecule is Clc1nnn(C2CN3CCC2C3)n1. The minimum Gasteiger partial charge on any atom is -0.301 e. The normalized spacial score (nSPS) is 37.2. The second-order valence-corrected chi connectivity index (χ2v) is 4.09. The molecule has 5 nitrogen and oxygen atoms in total. The summed E-state index contributed by atoms with van der Waals surface area (Å²) < 4.78 is 0. The van der Waals surface area contributed by atoms with E-state index in [-0.39, 0.29) is 5.28 Å². The fourth-order valence-electron chi connectivity index (χ4n) is 2.37. The summed E-state index contributed by atoms with van der Waals surface area (Å²) in [6.07, 6.45) is 1.25.